The van der Waals surface area contributed by atoms with Gasteiger partial charge in [-0.2, -0.15) is 0 Å². The molecule has 0 aliphatic heterocycles. The molecule has 0 fully saturated rings. The largest absolute Gasteiger partial charge is 0.496 e. The maximum atomic E-state index is 5.72. The van der Waals surface area contributed by atoms with E-state index in [-0.39, 0.29) is 0 Å². The van der Waals surface area contributed by atoms with Crippen LogP contribution in [0.15, 0.2) is 18.2 Å². The summed E-state index contributed by atoms with van der Waals surface area (Å²) in [5.41, 5.74) is 10.1. The van der Waals surface area contributed by atoms with Gasteiger partial charge in [0, 0.05) is 18.3 Å². The summed E-state index contributed by atoms with van der Waals surface area (Å²) in [6.45, 7) is 4.63. The van der Waals surface area contributed by atoms with Crippen molar-refractivity contribution in [3.8, 4) is 17.0 Å². The Kier molecular flexibility index (Phi) is 3.90. The number of hydrogen-bond acceptors (Lipinski definition) is 3. The van der Waals surface area contributed by atoms with Gasteiger partial charge in [-0.1, -0.05) is 13.0 Å². The number of aromatic nitrogens is 2. The summed E-state index contributed by atoms with van der Waals surface area (Å²) in [6, 6.07) is 6.24. The van der Waals surface area contributed by atoms with Gasteiger partial charge in [-0.05, 0) is 31.0 Å². The molecule has 102 valence electrons. The highest BCUT2D eigenvalue weighted by Gasteiger charge is 2.16. The van der Waals surface area contributed by atoms with Crippen molar-refractivity contribution in [2.75, 3.05) is 7.11 Å². The summed E-state index contributed by atoms with van der Waals surface area (Å²) in [5, 5.41) is 0. The van der Waals surface area contributed by atoms with E-state index in [4.69, 9.17) is 10.5 Å². The Morgan fingerprint density at radius 3 is 2.63 bits per heavy atom. The maximum absolute atomic E-state index is 5.72. The zero-order valence-corrected chi connectivity index (χ0v) is 12.0. The van der Waals surface area contributed by atoms with Gasteiger partial charge in [0.15, 0.2) is 0 Å². The van der Waals surface area contributed by atoms with Crippen molar-refractivity contribution in [1.82, 2.24) is 9.55 Å². The first-order valence-corrected chi connectivity index (χ1v) is 6.51. The normalized spacial score (nSPS) is 10.8. The van der Waals surface area contributed by atoms with Crippen LogP contribution in [-0.4, -0.2) is 16.7 Å². The Hall–Kier alpha value is -1.81. The highest BCUT2D eigenvalue weighted by molar-refractivity contribution is 5.70. The summed E-state index contributed by atoms with van der Waals surface area (Å²) in [6.07, 6.45) is 0.993. The summed E-state index contributed by atoms with van der Waals surface area (Å²) >= 11 is 0. The fourth-order valence-corrected chi connectivity index (χ4v) is 2.24. The van der Waals surface area contributed by atoms with Crippen LogP contribution >= 0.6 is 0 Å². The predicted octanol–water partition coefficient (Wildman–Crippen LogP) is 2.43. The van der Waals surface area contributed by atoms with Gasteiger partial charge >= 0.3 is 0 Å². The molecule has 4 nitrogen and oxygen atoms in total. The standard InChI is InChI=1S/C15H21N3O/c1-5-11-6-7-13(19-4)12(8-11)15-10(2)18(3)14(9-16)17-15/h6-8H,5,9,16H2,1-4H3. The van der Waals surface area contributed by atoms with Gasteiger partial charge in [-0.3, -0.25) is 0 Å². The van der Waals surface area contributed by atoms with E-state index in [2.05, 4.69) is 31.0 Å². The first-order valence-electron chi connectivity index (χ1n) is 6.51. The van der Waals surface area contributed by atoms with Crippen molar-refractivity contribution in [1.29, 1.82) is 0 Å². The fraction of sp³-hybridized carbons (Fsp3) is 0.400. The van der Waals surface area contributed by atoms with E-state index in [0.29, 0.717) is 6.54 Å². The van der Waals surface area contributed by atoms with Crippen molar-refractivity contribution in [2.45, 2.75) is 26.8 Å². The number of nitrogens with zero attached hydrogens (tertiary/aromatic N) is 2. The molecule has 0 amide bonds. The van der Waals surface area contributed by atoms with Crippen molar-refractivity contribution in [3.63, 3.8) is 0 Å². The van der Waals surface area contributed by atoms with Gasteiger partial charge in [-0.25, -0.2) is 4.98 Å². The number of ether oxygens (including phenoxy) is 1. The SMILES string of the molecule is CCc1ccc(OC)c(-c2nc(CN)n(C)c2C)c1. The first kappa shape index (κ1) is 13.6. The van der Waals surface area contributed by atoms with Gasteiger partial charge in [-0.15, -0.1) is 0 Å². The third-order valence-electron chi connectivity index (χ3n) is 3.58. The zero-order valence-electron chi connectivity index (χ0n) is 12.0. The Morgan fingerprint density at radius 1 is 1.37 bits per heavy atom. The van der Waals surface area contributed by atoms with E-state index in [1.165, 1.54) is 5.56 Å². The Bertz CT molecular complexity index is 587. The summed E-state index contributed by atoms with van der Waals surface area (Å²) in [4.78, 5) is 4.64. The van der Waals surface area contributed by atoms with E-state index in [9.17, 15) is 0 Å². The van der Waals surface area contributed by atoms with Crippen LogP contribution in [0.25, 0.3) is 11.3 Å². The van der Waals surface area contributed by atoms with Crippen LogP contribution in [0.1, 0.15) is 24.0 Å². The third-order valence-corrected chi connectivity index (χ3v) is 3.58. The molecular weight excluding hydrogens is 238 g/mol. The number of hydrogen-bond donors (Lipinski definition) is 1. The summed E-state index contributed by atoms with van der Waals surface area (Å²) < 4.78 is 7.49. The van der Waals surface area contributed by atoms with Gasteiger partial charge in [0.05, 0.1) is 19.3 Å². The second-order valence-corrected chi connectivity index (χ2v) is 4.61. The molecule has 4 heteroatoms. The molecule has 0 aliphatic rings. The average molecular weight is 259 g/mol. The lowest BCUT2D eigenvalue weighted by molar-refractivity contribution is 0.416. The Labute approximate surface area is 114 Å². The van der Waals surface area contributed by atoms with Crippen molar-refractivity contribution < 1.29 is 4.74 Å². The molecule has 19 heavy (non-hydrogen) atoms. The van der Waals surface area contributed by atoms with Gasteiger partial charge in [0.25, 0.3) is 0 Å². The van der Waals surface area contributed by atoms with Crippen LogP contribution in [0.5, 0.6) is 5.75 Å². The number of methoxy groups -OCH3 is 1. The van der Waals surface area contributed by atoms with Crippen LogP contribution < -0.4 is 10.5 Å². The molecule has 2 N–H and O–H groups in total. The molecule has 2 rings (SSSR count). The number of imidazole rings is 1. The lowest BCUT2D eigenvalue weighted by Gasteiger charge is -2.09. The number of benzene rings is 1. The smallest absolute Gasteiger partial charge is 0.128 e. The fourth-order valence-electron chi connectivity index (χ4n) is 2.24. The average Bonchev–Trinajstić information content (AvgIpc) is 2.74. The number of aryl methyl sites for hydroxylation is 1. The van der Waals surface area contributed by atoms with Crippen molar-refractivity contribution in [3.05, 3.63) is 35.3 Å². The molecule has 1 aromatic carbocycles. The molecule has 1 aromatic heterocycles. The number of rotatable bonds is 4. The molecule has 0 saturated heterocycles. The minimum atomic E-state index is 0.438. The van der Waals surface area contributed by atoms with Crippen LogP contribution in [0.4, 0.5) is 0 Å². The Morgan fingerprint density at radius 2 is 2.11 bits per heavy atom. The molecule has 0 bridgehead atoms. The van der Waals surface area contributed by atoms with E-state index in [1.54, 1.807) is 7.11 Å². The predicted molar refractivity (Wildman–Crippen MR) is 77.2 cm³/mol. The minimum Gasteiger partial charge on any atom is -0.496 e. The summed E-state index contributed by atoms with van der Waals surface area (Å²) in [5.74, 6) is 1.73. The van der Waals surface area contributed by atoms with Crippen LogP contribution in [0, 0.1) is 6.92 Å². The van der Waals surface area contributed by atoms with Gasteiger partial charge < -0.3 is 15.0 Å². The second kappa shape index (κ2) is 5.45. The van der Waals surface area contributed by atoms with Crippen LogP contribution in [0.2, 0.25) is 0 Å². The third kappa shape index (κ3) is 2.36. The molecule has 0 saturated carbocycles. The topological polar surface area (TPSA) is 53.1 Å². The summed E-state index contributed by atoms with van der Waals surface area (Å²) in [7, 11) is 3.68. The molecule has 0 aliphatic carbocycles. The van der Waals surface area contributed by atoms with Crippen LogP contribution in [-0.2, 0) is 20.0 Å². The molecule has 0 spiro atoms. The van der Waals surface area contributed by atoms with E-state index >= 15 is 0 Å². The van der Waals surface area contributed by atoms with E-state index < -0.39 is 0 Å². The molecule has 1 heterocycles. The number of nitrogens with two attached hydrogens (primary N) is 1. The van der Waals surface area contributed by atoms with Crippen molar-refractivity contribution >= 4 is 0 Å². The molecular formula is C15H21N3O. The van der Waals surface area contributed by atoms with E-state index in [0.717, 1.165) is 34.9 Å². The van der Waals surface area contributed by atoms with E-state index in [1.807, 2.05) is 17.7 Å². The monoisotopic (exact) mass is 259 g/mol. The Balaban J connectivity index is 2.63. The maximum Gasteiger partial charge on any atom is 0.128 e. The van der Waals surface area contributed by atoms with Crippen LogP contribution in [0.3, 0.4) is 0 Å². The lowest BCUT2D eigenvalue weighted by Crippen LogP contribution is -2.05. The highest BCUT2D eigenvalue weighted by atomic mass is 16.5. The molecule has 0 unspecified atom stereocenters. The lowest BCUT2D eigenvalue weighted by atomic mass is 10.0. The molecule has 0 radical (unpaired) electrons. The highest BCUT2D eigenvalue weighted by Crippen LogP contribution is 2.32. The molecule has 0 atom stereocenters. The molecule has 2 aromatic rings. The van der Waals surface area contributed by atoms with Crippen molar-refractivity contribution in [2.24, 2.45) is 12.8 Å². The quantitative estimate of drug-likeness (QED) is 0.917. The van der Waals surface area contributed by atoms with Gasteiger partial charge in [0.2, 0.25) is 0 Å². The minimum absolute atomic E-state index is 0.438. The first-order chi connectivity index (χ1) is 9.12. The second-order valence-electron chi connectivity index (χ2n) is 4.61. The zero-order chi connectivity index (χ0) is 14.0. The van der Waals surface area contributed by atoms with Gasteiger partial charge in [0.1, 0.15) is 11.6 Å².